The molecule has 17 heavy (non-hydrogen) atoms. The molecule has 100 valence electrons. The smallest absolute Gasteiger partial charge is 0.0699 e. The molecule has 0 radical (unpaired) electrons. The van der Waals surface area contributed by atoms with Crippen LogP contribution < -0.4 is 5.32 Å². The number of hydrogen-bond donors (Lipinski definition) is 1. The Morgan fingerprint density at radius 1 is 1.12 bits per heavy atom. The van der Waals surface area contributed by atoms with E-state index < -0.39 is 0 Å². The lowest BCUT2D eigenvalue weighted by molar-refractivity contribution is 0.0168. The molecule has 0 spiro atoms. The van der Waals surface area contributed by atoms with Gasteiger partial charge in [0.25, 0.3) is 0 Å². The zero-order valence-corrected chi connectivity index (χ0v) is 11.4. The van der Waals surface area contributed by atoms with Gasteiger partial charge in [-0.2, -0.15) is 0 Å². The molecule has 1 aliphatic carbocycles. The third-order valence-corrected chi connectivity index (χ3v) is 4.42. The van der Waals surface area contributed by atoms with Crippen LogP contribution in [-0.4, -0.2) is 25.8 Å². The lowest BCUT2D eigenvalue weighted by Crippen LogP contribution is -2.33. The van der Waals surface area contributed by atoms with Gasteiger partial charge in [-0.25, -0.2) is 0 Å². The molecule has 0 amide bonds. The second kappa shape index (κ2) is 7.38. The fraction of sp³-hybridized carbons (Fsp3) is 1.00. The minimum Gasteiger partial charge on any atom is -0.377 e. The first-order valence-electron chi connectivity index (χ1n) is 7.67. The van der Waals surface area contributed by atoms with E-state index in [0.717, 1.165) is 25.0 Å². The largest absolute Gasteiger partial charge is 0.377 e. The molecule has 1 N–H and O–H groups in total. The Bertz CT molecular complexity index is 201. The van der Waals surface area contributed by atoms with E-state index in [1.165, 1.54) is 57.9 Å². The van der Waals surface area contributed by atoms with Crippen LogP contribution in [0.15, 0.2) is 0 Å². The van der Waals surface area contributed by atoms with Crippen LogP contribution in [0.1, 0.15) is 58.3 Å². The summed E-state index contributed by atoms with van der Waals surface area (Å²) in [5.74, 6) is 1.95. The molecule has 2 fully saturated rings. The van der Waals surface area contributed by atoms with E-state index in [1.54, 1.807) is 0 Å². The molecule has 3 unspecified atom stereocenters. The van der Waals surface area contributed by atoms with Gasteiger partial charge in [0, 0.05) is 13.2 Å². The van der Waals surface area contributed by atoms with E-state index in [-0.39, 0.29) is 0 Å². The van der Waals surface area contributed by atoms with Crippen LogP contribution in [0.2, 0.25) is 0 Å². The van der Waals surface area contributed by atoms with Crippen LogP contribution in [-0.2, 0) is 4.74 Å². The number of ether oxygens (including phenoxy) is 1. The first-order valence-corrected chi connectivity index (χ1v) is 7.67. The Labute approximate surface area is 107 Å². The highest BCUT2D eigenvalue weighted by Crippen LogP contribution is 2.30. The van der Waals surface area contributed by atoms with Gasteiger partial charge < -0.3 is 10.1 Å². The maximum atomic E-state index is 5.72. The van der Waals surface area contributed by atoms with Gasteiger partial charge in [-0.1, -0.05) is 26.2 Å². The molecule has 0 aromatic heterocycles. The van der Waals surface area contributed by atoms with Crippen molar-refractivity contribution < 1.29 is 4.74 Å². The topological polar surface area (TPSA) is 21.3 Å². The van der Waals surface area contributed by atoms with Gasteiger partial charge in [-0.15, -0.1) is 0 Å². The standard InChI is InChI=1S/C15H29NO/c1-13-5-4-6-14(11-13)8-9-16-12-15-7-2-3-10-17-15/h13-16H,2-12H2,1H3. The highest BCUT2D eigenvalue weighted by Gasteiger charge is 2.18. The molecule has 2 nitrogen and oxygen atoms in total. The van der Waals surface area contributed by atoms with Crippen molar-refractivity contribution in [3.63, 3.8) is 0 Å². The summed E-state index contributed by atoms with van der Waals surface area (Å²) in [7, 11) is 0. The number of hydrogen-bond acceptors (Lipinski definition) is 2. The van der Waals surface area contributed by atoms with Gasteiger partial charge >= 0.3 is 0 Å². The van der Waals surface area contributed by atoms with Crippen molar-refractivity contribution in [2.24, 2.45) is 11.8 Å². The number of rotatable bonds is 5. The van der Waals surface area contributed by atoms with Crippen LogP contribution in [0.3, 0.4) is 0 Å². The molecule has 1 heterocycles. The summed E-state index contributed by atoms with van der Waals surface area (Å²) in [6, 6.07) is 0. The Balaban J connectivity index is 1.50. The highest BCUT2D eigenvalue weighted by molar-refractivity contribution is 4.72. The van der Waals surface area contributed by atoms with Crippen LogP contribution in [0, 0.1) is 11.8 Å². The van der Waals surface area contributed by atoms with Gasteiger partial charge in [0.05, 0.1) is 6.10 Å². The van der Waals surface area contributed by atoms with Gasteiger partial charge in [0.2, 0.25) is 0 Å². The van der Waals surface area contributed by atoms with Gasteiger partial charge in [0.1, 0.15) is 0 Å². The van der Waals surface area contributed by atoms with Crippen LogP contribution in [0.25, 0.3) is 0 Å². The zero-order chi connectivity index (χ0) is 11.9. The van der Waals surface area contributed by atoms with Crippen molar-refractivity contribution in [3.05, 3.63) is 0 Å². The molecular formula is C15H29NO. The molecule has 2 aliphatic rings. The van der Waals surface area contributed by atoms with Crippen LogP contribution >= 0.6 is 0 Å². The summed E-state index contributed by atoms with van der Waals surface area (Å²) in [6.07, 6.45) is 11.6. The van der Waals surface area contributed by atoms with E-state index in [1.807, 2.05) is 0 Å². The SMILES string of the molecule is CC1CCCC(CCNCC2CCCCO2)C1. The second-order valence-electron chi connectivity index (χ2n) is 6.12. The van der Waals surface area contributed by atoms with Crippen LogP contribution in [0.5, 0.6) is 0 Å². The third-order valence-electron chi connectivity index (χ3n) is 4.42. The van der Waals surface area contributed by atoms with Crippen molar-refractivity contribution in [1.82, 2.24) is 5.32 Å². The van der Waals surface area contributed by atoms with E-state index >= 15 is 0 Å². The highest BCUT2D eigenvalue weighted by atomic mass is 16.5. The quantitative estimate of drug-likeness (QED) is 0.743. The molecule has 3 atom stereocenters. The van der Waals surface area contributed by atoms with E-state index in [0.29, 0.717) is 6.10 Å². The maximum absolute atomic E-state index is 5.72. The van der Waals surface area contributed by atoms with Crippen molar-refractivity contribution in [2.45, 2.75) is 64.4 Å². The minimum absolute atomic E-state index is 0.494. The maximum Gasteiger partial charge on any atom is 0.0699 e. The first-order chi connectivity index (χ1) is 8.34. The normalized spacial score (nSPS) is 34.8. The molecule has 1 saturated heterocycles. The summed E-state index contributed by atoms with van der Waals surface area (Å²) >= 11 is 0. The van der Waals surface area contributed by atoms with Gasteiger partial charge in [0.15, 0.2) is 0 Å². The summed E-state index contributed by atoms with van der Waals surface area (Å²) in [6.45, 7) is 5.65. The van der Waals surface area contributed by atoms with Gasteiger partial charge in [-0.3, -0.25) is 0 Å². The molecule has 0 aromatic carbocycles. The van der Waals surface area contributed by atoms with Crippen molar-refractivity contribution >= 4 is 0 Å². The molecule has 2 rings (SSSR count). The molecule has 1 saturated carbocycles. The lowest BCUT2D eigenvalue weighted by atomic mass is 9.81. The molecular weight excluding hydrogens is 210 g/mol. The average Bonchev–Trinajstić information content (AvgIpc) is 2.36. The Morgan fingerprint density at radius 2 is 2.06 bits per heavy atom. The van der Waals surface area contributed by atoms with Crippen molar-refractivity contribution in [3.8, 4) is 0 Å². The van der Waals surface area contributed by atoms with Crippen LogP contribution in [0.4, 0.5) is 0 Å². The summed E-state index contributed by atoms with van der Waals surface area (Å²) in [4.78, 5) is 0. The predicted octanol–water partition coefficient (Wildman–Crippen LogP) is 3.36. The summed E-state index contributed by atoms with van der Waals surface area (Å²) in [5, 5.41) is 3.59. The molecule has 0 bridgehead atoms. The second-order valence-corrected chi connectivity index (χ2v) is 6.12. The monoisotopic (exact) mass is 239 g/mol. The third kappa shape index (κ3) is 4.97. The molecule has 1 aliphatic heterocycles. The van der Waals surface area contributed by atoms with Gasteiger partial charge in [-0.05, 0) is 50.5 Å². The fourth-order valence-corrected chi connectivity index (χ4v) is 3.36. The van der Waals surface area contributed by atoms with E-state index in [4.69, 9.17) is 4.74 Å². The number of nitrogens with one attached hydrogen (secondary N) is 1. The Kier molecular flexibility index (Phi) is 5.79. The average molecular weight is 239 g/mol. The van der Waals surface area contributed by atoms with Crippen molar-refractivity contribution in [2.75, 3.05) is 19.7 Å². The van der Waals surface area contributed by atoms with Crippen molar-refractivity contribution in [1.29, 1.82) is 0 Å². The minimum atomic E-state index is 0.494. The summed E-state index contributed by atoms with van der Waals surface area (Å²) < 4.78 is 5.72. The molecule has 2 heteroatoms. The first kappa shape index (κ1) is 13.4. The Morgan fingerprint density at radius 3 is 2.82 bits per heavy atom. The fourth-order valence-electron chi connectivity index (χ4n) is 3.36. The molecule has 0 aromatic rings. The van der Waals surface area contributed by atoms with E-state index in [9.17, 15) is 0 Å². The lowest BCUT2D eigenvalue weighted by Gasteiger charge is -2.27. The zero-order valence-electron chi connectivity index (χ0n) is 11.4. The predicted molar refractivity (Wildman–Crippen MR) is 72.2 cm³/mol. The van der Waals surface area contributed by atoms with E-state index in [2.05, 4.69) is 12.2 Å². The Hall–Kier alpha value is -0.0800. The summed E-state index contributed by atoms with van der Waals surface area (Å²) in [5.41, 5.74) is 0.